The molecule has 102 valence electrons. The molecule has 3 nitrogen and oxygen atoms in total. The van der Waals surface area contributed by atoms with Crippen molar-refractivity contribution in [1.29, 1.82) is 0 Å². The summed E-state index contributed by atoms with van der Waals surface area (Å²) in [7, 11) is 1.82. The molecule has 0 aromatic heterocycles. The van der Waals surface area contributed by atoms with E-state index in [1.54, 1.807) is 0 Å². The number of rotatable bonds is 5. The summed E-state index contributed by atoms with van der Waals surface area (Å²) in [5.41, 5.74) is 0. The lowest BCUT2D eigenvalue weighted by atomic mass is 10.2. The fourth-order valence-electron chi connectivity index (χ4n) is 1.98. The Labute approximate surface area is 119 Å². The van der Waals surface area contributed by atoms with Gasteiger partial charge in [-0.2, -0.15) is 0 Å². The van der Waals surface area contributed by atoms with E-state index >= 15 is 0 Å². The highest BCUT2D eigenvalue weighted by molar-refractivity contribution is 7.99. The van der Waals surface area contributed by atoms with Gasteiger partial charge in [-0.05, 0) is 25.0 Å². The Hall–Kier alpha value is -1.42. The minimum Gasteiger partial charge on any atom is -0.356 e. The van der Waals surface area contributed by atoms with Gasteiger partial charge in [-0.3, -0.25) is 4.99 Å². The van der Waals surface area contributed by atoms with Gasteiger partial charge in [0.1, 0.15) is 0 Å². The molecule has 0 radical (unpaired) electrons. The van der Waals surface area contributed by atoms with Crippen molar-refractivity contribution in [2.24, 2.45) is 4.99 Å². The highest BCUT2D eigenvalue weighted by atomic mass is 32.2. The minimum absolute atomic E-state index is 0.507. The third kappa shape index (κ3) is 4.99. The molecule has 0 saturated carbocycles. The van der Waals surface area contributed by atoms with Crippen LogP contribution in [0, 0.1) is 0 Å². The summed E-state index contributed by atoms with van der Waals surface area (Å²) in [6, 6.07) is 11.0. The van der Waals surface area contributed by atoms with Crippen LogP contribution in [0.1, 0.15) is 12.8 Å². The molecule has 1 aromatic rings. The monoisotopic (exact) mass is 275 g/mol. The molecule has 2 rings (SSSR count). The van der Waals surface area contributed by atoms with Gasteiger partial charge in [-0.1, -0.05) is 30.4 Å². The summed E-state index contributed by atoms with van der Waals surface area (Å²) in [5.74, 6) is 1.94. The van der Waals surface area contributed by atoms with Crippen molar-refractivity contribution < 1.29 is 0 Å². The summed E-state index contributed by atoms with van der Waals surface area (Å²) in [6.45, 7) is 0.916. The molecule has 4 heteroatoms. The standard InChI is InChI=1S/C15H21N3S/c1-16-15(18-13-7-5-6-8-13)17-11-12-19-14-9-3-2-4-10-14/h2-6,9-10,13H,7-8,11-12H2,1H3,(H2,16,17,18). The largest absolute Gasteiger partial charge is 0.356 e. The first-order valence-electron chi connectivity index (χ1n) is 6.68. The topological polar surface area (TPSA) is 36.4 Å². The summed E-state index contributed by atoms with van der Waals surface area (Å²) in [6.07, 6.45) is 6.63. The SMILES string of the molecule is CN=C(NCCSc1ccccc1)NC1CC=CC1. The lowest BCUT2D eigenvalue weighted by molar-refractivity contribution is 0.636. The van der Waals surface area contributed by atoms with Crippen molar-refractivity contribution in [2.75, 3.05) is 19.3 Å². The molecular formula is C15H21N3S. The maximum atomic E-state index is 4.25. The predicted molar refractivity (Wildman–Crippen MR) is 83.8 cm³/mol. The molecule has 2 N–H and O–H groups in total. The Bertz CT molecular complexity index is 420. The number of thioether (sulfide) groups is 1. The summed E-state index contributed by atoms with van der Waals surface area (Å²) >= 11 is 1.86. The number of hydrogen-bond acceptors (Lipinski definition) is 2. The summed E-state index contributed by atoms with van der Waals surface area (Å²) < 4.78 is 0. The van der Waals surface area contributed by atoms with E-state index in [2.05, 4.69) is 52.0 Å². The number of guanidine groups is 1. The number of benzene rings is 1. The van der Waals surface area contributed by atoms with Gasteiger partial charge in [0.25, 0.3) is 0 Å². The molecule has 0 spiro atoms. The van der Waals surface area contributed by atoms with Gasteiger partial charge in [0.2, 0.25) is 0 Å². The quantitative estimate of drug-likeness (QED) is 0.285. The molecule has 0 amide bonds. The van der Waals surface area contributed by atoms with Crippen LogP contribution in [-0.2, 0) is 0 Å². The molecule has 0 bridgehead atoms. The fourth-order valence-corrected chi connectivity index (χ4v) is 2.77. The van der Waals surface area contributed by atoms with Crippen LogP contribution in [0.25, 0.3) is 0 Å². The van der Waals surface area contributed by atoms with Crippen molar-refractivity contribution in [3.8, 4) is 0 Å². The third-order valence-corrected chi connectivity index (χ3v) is 3.99. The first-order valence-corrected chi connectivity index (χ1v) is 7.67. The van der Waals surface area contributed by atoms with E-state index < -0.39 is 0 Å². The predicted octanol–water partition coefficient (Wildman–Crippen LogP) is 2.66. The zero-order valence-electron chi connectivity index (χ0n) is 11.3. The average Bonchev–Trinajstić information content (AvgIpc) is 2.96. The highest BCUT2D eigenvalue weighted by Gasteiger charge is 2.10. The van der Waals surface area contributed by atoms with Gasteiger partial charge >= 0.3 is 0 Å². The maximum absolute atomic E-state index is 4.25. The molecule has 0 heterocycles. The van der Waals surface area contributed by atoms with Crippen molar-refractivity contribution >= 4 is 17.7 Å². The van der Waals surface area contributed by atoms with Gasteiger partial charge < -0.3 is 10.6 Å². The third-order valence-electron chi connectivity index (χ3n) is 2.98. The number of nitrogens with zero attached hydrogens (tertiary/aromatic N) is 1. The summed E-state index contributed by atoms with van der Waals surface area (Å²) in [4.78, 5) is 5.57. The number of aliphatic imine (C=N–C) groups is 1. The van der Waals surface area contributed by atoms with E-state index in [9.17, 15) is 0 Å². The molecule has 1 aromatic carbocycles. The lowest BCUT2D eigenvalue weighted by Gasteiger charge is -2.16. The second-order valence-electron chi connectivity index (χ2n) is 4.44. The first kappa shape index (κ1) is 14.0. The normalized spacial score (nSPS) is 15.7. The second kappa shape index (κ2) is 7.89. The van der Waals surface area contributed by atoms with Crippen molar-refractivity contribution in [2.45, 2.75) is 23.8 Å². The molecule has 0 atom stereocenters. The molecule has 1 aliphatic carbocycles. The van der Waals surface area contributed by atoms with Crippen LogP contribution in [-0.4, -0.2) is 31.3 Å². The van der Waals surface area contributed by atoms with E-state index in [0.29, 0.717) is 6.04 Å². The molecule has 0 fully saturated rings. The molecule has 1 aliphatic rings. The van der Waals surface area contributed by atoms with E-state index in [4.69, 9.17) is 0 Å². The van der Waals surface area contributed by atoms with Gasteiger partial charge in [0, 0.05) is 30.3 Å². The Morgan fingerprint density at radius 3 is 2.68 bits per heavy atom. The molecule has 0 saturated heterocycles. The van der Waals surface area contributed by atoms with E-state index in [1.165, 1.54) is 4.90 Å². The Balaban J connectivity index is 1.63. The van der Waals surface area contributed by atoms with Crippen LogP contribution in [0.3, 0.4) is 0 Å². The van der Waals surface area contributed by atoms with Gasteiger partial charge in [0.05, 0.1) is 0 Å². The van der Waals surface area contributed by atoms with Crippen LogP contribution < -0.4 is 10.6 Å². The average molecular weight is 275 g/mol. The van der Waals surface area contributed by atoms with Crippen LogP contribution in [0.5, 0.6) is 0 Å². The van der Waals surface area contributed by atoms with Gasteiger partial charge in [-0.25, -0.2) is 0 Å². The number of hydrogen-bond donors (Lipinski definition) is 2. The Morgan fingerprint density at radius 2 is 2.00 bits per heavy atom. The molecule has 0 unspecified atom stereocenters. The van der Waals surface area contributed by atoms with Gasteiger partial charge in [0.15, 0.2) is 5.96 Å². The Morgan fingerprint density at radius 1 is 1.26 bits per heavy atom. The van der Waals surface area contributed by atoms with Crippen LogP contribution in [0.15, 0.2) is 52.4 Å². The van der Waals surface area contributed by atoms with E-state index in [0.717, 1.165) is 31.1 Å². The van der Waals surface area contributed by atoms with Crippen LogP contribution >= 0.6 is 11.8 Å². The smallest absolute Gasteiger partial charge is 0.191 e. The first-order chi connectivity index (χ1) is 9.38. The molecular weight excluding hydrogens is 254 g/mol. The van der Waals surface area contributed by atoms with Crippen LogP contribution in [0.2, 0.25) is 0 Å². The maximum Gasteiger partial charge on any atom is 0.191 e. The zero-order chi connectivity index (χ0) is 13.3. The van der Waals surface area contributed by atoms with E-state index in [1.807, 2.05) is 24.9 Å². The molecule has 19 heavy (non-hydrogen) atoms. The summed E-state index contributed by atoms with van der Waals surface area (Å²) in [5, 5.41) is 6.79. The van der Waals surface area contributed by atoms with E-state index in [-0.39, 0.29) is 0 Å². The Kier molecular flexibility index (Phi) is 5.82. The fraction of sp³-hybridized carbons (Fsp3) is 0.400. The van der Waals surface area contributed by atoms with Crippen molar-refractivity contribution in [3.63, 3.8) is 0 Å². The van der Waals surface area contributed by atoms with Crippen LogP contribution in [0.4, 0.5) is 0 Å². The highest BCUT2D eigenvalue weighted by Crippen LogP contribution is 2.15. The van der Waals surface area contributed by atoms with Crippen molar-refractivity contribution in [3.05, 3.63) is 42.5 Å². The van der Waals surface area contributed by atoms with Crippen molar-refractivity contribution in [1.82, 2.24) is 10.6 Å². The lowest BCUT2D eigenvalue weighted by Crippen LogP contribution is -2.43. The van der Waals surface area contributed by atoms with Gasteiger partial charge in [-0.15, -0.1) is 11.8 Å². The molecule has 0 aliphatic heterocycles. The number of nitrogens with one attached hydrogen (secondary N) is 2. The minimum atomic E-state index is 0.507. The zero-order valence-corrected chi connectivity index (χ0v) is 12.1. The second-order valence-corrected chi connectivity index (χ2v) is 5.61.